The molecule has 17 heavy (non-hydrogen) atoms. The van der Waals surface area contributed by atoms with Gasteiger partial charge in [0, 0.05) is 31.0 Å². The van der Waals surface area contributed by atoms with Gasteiger partial charge in [-0.15, -0.1) is 12.4 Å². The molecular formula is C12H15ClF3N. The third-order valence-corrected chi connectivity index (χ3v) is 2.87. The zero-order valence-corrected chi connectivity index (χ0v) is 10.3. The Morgan fingerprint density at radius 1 is 1.35 bits per heavy atom. The second-order valence-corrected chi connectivity index (χ2v) is 4.44. The fourth-order valence-electron chi connectivity index (χ4n) is 1.90. The van der Waals surface area contributed by atoms with Crippen LogP contribution in [0.4, 0.5) is 13.2 Å². The minimum atomic E-state index is -2.52. The van der Waals surface area contributed by atoms with Crippen LogP contribution in [0.5, 0.6) is 0 Å². The van der Waals surface area contributed by atoms with Gasteiger partial charge >= 0.3 is 0 Å². The van der Waals surface area contributed by atoms with Crippen LogP contribution in [-0.2, 0) is 6.54 Å². The van der Waals surface area contributed by atoms with Crippen molar-refractivity contribution in [3.63, 3.8) is 0 Å². The summed E-state index contributed by atoms with van der Waals surface area (Å²) >= 11 is 0. The van der Waals surface area contributed by atoms with E-state index in [4.69, 9.17) is 0 Å². The Kier molecular flexibility index (Phi) is 4.44. The van der Waals surface area contributed by atoms with Gasteiger partial charge in [0.25, 0.3) is 5.92 Å². The van der Waals surface area contributed by atoms with Crippen molar-refractivity contribution in [3.8, 4) is 0 Å². The lowest BCUT2D eigenvalue weighted by Gasteiger charge is -2.35. The molecule has 2 rings (SSSR count). The number of hydrogen-bond acceptors (Lipinski definition) is 1. The molecule has 0 saturated heterocycles. The molecular weight excluding hydrogens is 251 g/mol. The first-order chi connectivity index (χ1) is 7.46. The first kappa shape index (κ1) is 14.3. The fourth-order valence-corrected chi connectivity index (χ4v) is 1.90. The van der Waals surface area contributed by atoms with Crippen LogP contribution < -0.4 is 5.32 Å². The van der Waals surface area contributed by atoms with Crippen molar-refractivity contribution in [1.82, 2.24) is 5.32 Å². The summed E-state index contributed by atoms with van der Waals surface area (Å²) in [6.45, 7) is 2.19. The number of halogens is 4. The van der Waals surface area contributed by atoms with E-state index in [1.165, 1.54) is 6.07 Å². The van der Waals surface area contributed by atoms with Crippen LogP contribution in [0.2, 0.25) is 0 Å². The summed E-state index contributed by atoms with van der Waals surface area (Å²) in [5, 5.41) is 2.94. The second-order valence-electron chi connectivity index (χ2n) is 4.44. The molecule has 1 aliphatic rings. The van der Waals surface area contributed by atoms with Crippen LogP contribution in [0.3, 0.4) is 0 Å². The van der Waals surface area contributed by atoms with Crippen molar-refractivity contribution in [1.29, 1.82) is 0 Å². The molecule has 1 aromatic carbocycles. The third kappa shape index (κ3) is 3.61. The van der Waals surface area contributed by atoms with Gasteiger partial charge in [-0.1, -0.05) is 17.7 Å². The summed E-state index contributed by atoms with van der Waals surface area (Å²) in [6.07, 6.45) is -0.277. The zero-order chi connectivity index (χ0) is 11.8. The normalized spacial score (nSPS) is 18.4. The molecule has 0 aromatic heterocycles. The van der Waals surface area contributed by atoms with Gasteiger partial charge in [0.1, 0.15) is 5.82 Å². The fraction of sp³-hybridized carbons (Fsp3) is 0.500. The van der Waals surface area contributed by atoms with E-state index < -0.39 is 5.92 Å². The van der Waals surface area contributed by atoms with E-state index in [2.05, 4.69) is 5.32 Å². The largest absolute Gasteiger partial charge is 0.309 e. The maximum absolute atomic E-state index is 13.3. The number of hydrogen-bond donors (Lipinski definition) is 1. The van der Waals surface area contributed by atoms with Crippen LogP contribution in [0.15, 0.2) is 18.2 Å². The molecule has 1 N–H and O–H groups in total. The first-order valence-corrected chi connectivity index (χ1v) is 5.32. The van der Waals surface area contributed by atoms with Gasteiger partial charge in [-0.3, -0.25) is 0 Å². The third-order valence-electron chi connectivity index (χ3n) is 2.87. The average Bonchev–Trinajstić information content (AvgIpc) is 2.16. The number of aryl methyl sites for hydroxylation is 1. The van der Waals surface area contributed by atoms with Crippen molar-refractivity contribution < 1.29 is 13.2 Å². The monoisotopic (exact) mass is 265 g/mol. The Bertz CT molecular complexity index is 387. The molecule has 1 fully saturated rings. The minimum absolute atomic E-state index is 0. The Hall–Kier alpha value is -0.740. The summed E-state index contributed by atoms with van der Waals surface area (Å²) in [5.74, 6) is -2.81. The Labute approximate surface area is 105 Å². The molecule has 0 heterocycles. The van der Waals surface area contributed by atoms with Gasteiger partial charge in [-0.25, -0.2) is 13.2 Å². The Morgan fingerprint density at radius 2 is 2.00 bits per heavy atom. The topological polar surface area (TPSA) is 12.0 Å². The second kappa shape index (κ2) is 5.27. The summed E-state index contributed by atoms with van der Waals surface area (Å²) in [7, 11) is 0. The number of benzene rings is 1. The summed E-state index contributed by atoms with van der Waals surface area (Å²) in [4.78, 5) is 0. The molecule has 0 amide bonds. The predicted octanol–water partition coefficient (Wildman–Crippen LogP) is 3.44. The Balaban J connectivity index is 0.00000144. The van der Waals surface area contributed by atoms with E-state index in [-0.39, 0.29) is 37.1 Å². The van der Waals surface area contributed by atoms with Gasteiger partial charge in [0.2, 0.25) is 0 Å². The highest BCUT2D eigenvalue weighted by Gasteiger charge is 2.44. The highest BCUT2D eigenvalue weighted by molar-refractivity contribution is 5.85. The van der Waals surface area contributed by atoms with Crippen LogP contribution in [-0.4, -0.2) is 12.0 Å². The maximum Gasteiger partial charge on any atom is 0.251 e. The molecule has 0 bridgehead atoms. The number of rotatable bonds is 3. The van der Waals surface area contributed by atoms with Crippen molar-refractivity contribution in [2.75, 3.05) is 0 Å². The highest BCUT2D eigenvalue weighted by atomic mass is 35.5. The van der Waals surface area contributed by atoms with Crippen LogP contribution >= 0.6 is 12.4 Å². The molecule has 5 heteroatoms. The minimum Gasteiger partial charge on any atom is -0.309 e. The molecule has 0 aliphatic heterocycles. The van der Waals surface area contributed by atoms with E-state index >= 15 is 0 Å². The quantitative estimate of drug-likeness (QED) is 0.883. The van der Waals surface area contributed by atoms with Crippen LogP contribution in [0.1, 0.15) is 24.0 Å². The van der Waals surface area contributed by atoms with Crippen molar-refractivity contribution in [2.24, 2.45) is 0 Å². The van der Waals surface area contributed by atoms with Crippen molar-refractivity contribution in [3.05, 3.63) is 35.1 Å². The maximum atomic E-state index is 13.3. The predicted molar refractivity (Wildman–Crippen MR) is 63.2 cm³/mol. The summed E-state index contributed by atoms with van der Waals surface area (Å²) < 4.78 is 38.4. The lowest BCUT2D eigenvalue weighted by Crippen LogP contribution is -2.48. The van der Waals surface area contributed by atoms with Crippen molar-refractivity contribution >= 4 is 12.4 Å². The van der Waals surface area contributed by atoms with E-state index in [0.717, 1.165) is 5.56 Å². The van der Waals surface area contributed by atoms with Crippen LogP contribution in [0, 0.1) is 12.7 Å². The molecule has 0 radical (unpaired) electrons. The molecule has 0 unspecified atom stereocenters. The Morgan fingerprint density at radius 3 is 2.59 bits per heavy atom. The molecule has 96 valence electrons. The molecule has 1 aromatic rings. The first-order valence-electron chi connectivity index (χ1n) is 5.32. The average molecular weight is 266 g/mol. The standard InChI is InChI=1S/C12H14F3N.ClH/c1-8-2-3-11(13)9(4-8)7-16-10-5-12(14,15)6-10;/h2-4,10,16H,5-7H2,1H3;1H. The summed E-state index contributed by atoms with van der Waals surface area (Å²) in [5.41, 5.74) is 1.51. The molecule has 0 spiro atoms. The van der Waals surface area contributed by atoms with E-state index in [1.54, 1.807) is 12.1 Å². The van der Waals surface area contributed by atoms with Gasteiger partial charge < -0.3 is 5.32 Å². The molecule has 1 aliphatic carbocycles. The van der Waals surface area contributed by atoms with E-state index in [0.29, 0.717) is 12.1 Å². The van der Waals surface area contributed by atoms with Gasteiger partial charge in [0.05, 0.1) is 0 Å². The SMILES string of the molecule is Cc1ccc(F)c(CNC2CC(F)(F)C2)c1.Cl. The molecule has 0 atom stereocenters. The van der Waals surface area contributed by atoms with E-state index in [9.17, 15) is 13.2 Å². The highest BCUT2D eigenvalue weighted by Crippen LogP contribution is 2.37. The van der Waals surface area contributed by atoms with Gasteiger partial charge in [-0.2, -0.15) is 0 Å². The smallest absolute Gasteiger partial charge is 0.251 e. The van der Waals surface area contributed by atoms with E-state index in [1.807, 2.05) is 6.92 Å². The summed E-state index contributed by atoms with van der Waals surface area (Å²) in [6, 6.07) is 4.65. The molecule has 1 saturated carbocycles. The van der Waals surface area contributed by atoms with Gasteiger partial charge in [0.15, 0.2) is 0 Å². The lowest BCUT2D eigenvalue weighted by molar-refractivity contribution is -0.0930. The number of nitrogens with one attached hydrogen (secondary N) is 1. The zero-order valence-electron chi connectivity index (χ0n) is 9.47. The lowest BCUT2D eigenvalue weighted by atomic mass is 9.88. The number of alkyl halides is 2. The van der Waals surface area contributed by atoms with Gasteiger partial charge in [-0.05, 0) is 13.0 Å². The van der Waals surface area contributed by atoms with Crippen LogP contribution in [0.25, 0.3) is 0 Å². The molecule has 1 nitrogen and oxygen atoms in total. The van der Waals surface area contributed by atoms with Crippen molar-refractivity contribution in [2.45, 2.75) is 38.3 Å².